The van der Waals surface area contributed by atoms with Crippen molar-refractivity contribution in [2.75, 3.05) is 38.4 Å². The highest BCUT2D eigenvalue weighted by Crippen LogP contribution is 2.21. The lowest BCUT2D eigenvalue weighted by molar-refractivity contribution is 0.205. The van der Waals surface area contributed by atoms with Gasteiger partial charge in [0.05, 0.1) is 0 Å². The first-order valence-electron chi connectivity index (χ1n) is 6.72. The number of unbranched alkanes of at least 4 members (excludes halogenated alkanes) is 1. The maximum atomic E-state index is 11.6. The quantitative estimate of drug-likeness (QED) is 0.674. The van der Waals surface area contributed by atoms with E-state index in [0.717, 1.165) is 25.9 Å². The summed E-state index contributed by atoms with van der Waals surface area (Å²) in [6.45, 7) is 5.66. The average molecular weight is 297 g/mol. The van der Waals surface area contributed by atoms with E-state index in [4.69, 9.17) is 11.6 Å². The molecule has 0 amide bonds. The summed E-state index contributed by atoms with van der Waals surface area (Å²) in [5.74, 6) is 0.619. The molecule has 1 saturated heterocycles. The third kappa shape index (κ3) is 5.03. The smallest absolute Gasteiger partial charge is 0.228 e. The van der Waals surface area contributed by atoms with E-state index < -0.39 is 10.0 Å². The summed E-state index contributed by atoms with van der Waals surface area (Å²) < 4.78 is 24.7. The molecular formula is C12H25ClN2O2S. The van der Waals surface area contributed by atoms with Crippen LogP contribution in [0.1, 0.15) is 32.6 Å². The van der Waals surface area contributed by atoms with E-state index in [1.54, 1.807) is 0 Å². The molecule has 1 aliphatic heterocycles. The standard InChI is InChI=1S/C12H25ClN2O2S/c1-3-4-7-14(2)10-12-5-8-15(9-6-12)18(16,17)11-13/h12H,3-11H2,1-2H3. The van der Waals surface area contributed by atoms with Crippen LogP contribution in [0.15, 0.2) is 0 Å². The van der Waals surface area contributed by atoms with Gasteiger partial charge in [0.2, 0.25) is 10.0 Å². The highest BCUT2D eigenvalue weighted by Gasteiger charge is 2.27. The van der Waals surface area contributed by atoms with Crippen LogP contribution in [0.2, 0.25) is 0 Å². The molecule has 1 fully saturated rings. The molecule has 1 heterocycles. The van der Waals surface area contributed by atoms with Gasteiger partial charge in [-0.15, -0.1) is 11.6 Å². The zero-order valence-corrected chi connectivity index (χ0v) is 13.0. The van der Waals surface area contributed by atoms with E-state index in [9.17, 15) is 8.42 Å². The van der Waals surface area contributed by atoms with Crippen molar-refractivity contribution in [1.82, 2.24) is 9.21 Å². The fourth-order valence-electron chi connectivity index (χ4n) is 2.40. The van der Waals surface area contributed by atoms with Crippen LogP contribution in [0.4, 0.5) is 0 Å². The Balaban J connectivity index is 2.31. The summed E-state index contributed by atoms with van der Waals surface area (Å²) in [5.41, 5.74) is 0. The van der Waals surface area contributed by atoms with Crippen LogP contribution in [-0.2, 0) is 10.0 Å². The molecule has 0 bridgehead atoms. The molecule has 4 nitrogen and oxygen atoms in total. The van der Waals surface area contributed by atoms with Gasteiger partial charge in [-0.25, -0.2) is 12.7 Å². The number of nitrogens with zero attached hydrogens (tertiary/aromatic N) is 2. The third-order valence-electron chi connectivity index (χ3n) is 3.57. The van der Waals surface area contributed by atoms with Crippen molar-refractivity contribution >= 4 is 21.6 Å². The van der Waals surface area contributed by atoms with Crippen molar-refractivity contribution < 1.29 is 8.42 Å². The van der Waals surface area contributed by atoms with Gasteiger partial charge >= 0.3 is 0 Å². The summed E-state index contributed by atoms with van der Waals surface area (Å²) in [6.07, 6.45) is 4.35. The molecule has 0 aromatic rings. The van der Waals surface area contributed by atoms with Gasteiger partial charge in [0, 0.05) is 19.6 Å². The monoisotopic (exact) mass is 296 g/mol. The fourth-order valence-corrected chi connectivity index (χ4v) is 3.72. The SMILES string of the molecule is CCCCN(C)CC1CCN(S(=O)(=O)CCl)CC1. The number of hydrogen-bond donors (Lipinski definition) is 0. The molecular weight excluding hydrogens is 272 g/mol. The predicted octanol–water partition coefficient (Wildman–Crippen LogP) is 1.96. The molecule has 6 heteroatoms. The van der Waals surface area contributed by atoms with Crippen molar-refractivity contribution in [2.45, 2.75) is 32.6 Å². The minimum atomic E-state index is -3.20. The Morgan fingerprint density at radius 1 is 1.33 bits per heavy atom. The van der Waals surface area contributed by atoms with Gasteiger partial charge in [-0.2, -0.15) is 0 Å². The van der Waals surface area contributed by atoms with E-state index in [1.165, 1.54) is 17.1 Å². The van der Waals surface area contributed by atoms with Gasteiger partial charge in [0.25, 0.3) is 0 Å². The Morgan fingerprint density at radius 3 is 2.44 bits per heavy atom. The van der Waals surface area contributed by atoms with Crippen LogP contribution >= 0.6 is 11.6 Å². The third-order valence-corrected chi connectivity index (χ3v) is 5.82. The number of alkyl halides is 1. The normalized spacial score (nSPS) is 19.6. The van der Waals surface area contributed by atoms with Gasteiger partial charge in [0.1, 0.15) is 5.21 Å². The second-order valence-corrected chi connectivity index (χ2v) is 7.73. The number of rotatable bonds is 7. The largest absolute Gasteiger partial charge is 0.306 e. The molecule has 0 N–H and O–H groups in total. The molecule has 0 radical (unpaired) electrons. The minimum absolute atomic E-state index is 0.298. The maximum absolute atomic E-state index is 11.6. The van der Waals surface area contributed by atoms with E-state index >= 15 is 0 Å². The lowest BCUT2D eigenvalue weighted by Gasteiger charge is -2.32. The first-order valence-corrected chi connectivity index (χ1v) is 8.86. The second kappa shape index (κ2) is 7.68. The number of sulfonamides is 1. The first-order chi connectivity index (χ1) is 8.49. The summed E-state index contributed by atoms with van der Waals surface area (Å²) in [5, 5.41) is -0.298. The van der Waals surface area contributed by atoms with Crippen LogP contribution in [0, 0.1) is 5.92 Å². The number of hydrogen-bond acceptors (Lipinski definition) is 3. The lowest BCUT2D eigenvalue weighted by Crippen LogP contribution is -2.41. The topological polar surface area (TPSA) is 40.6 Å². The fraction of sp³-hybridized carbons (Fsp3) is 1.00. The van der Waals surface area contributed by atoms with E-state index in [0.29, 0.717) is 19.0 Å². The van der Waals surface area contributed by atoms with Crippen molar-refractivity contribution in [2.24, 2.45) is 5.92 Å². The number of halogens is 1. The van der Waals surface area contributed by atoms with Gasteiger partial charge in [-0.1, -0.05) is 13.3 Å². The summed E-state index contributed by atoms with van der Waals surface area (Å²) in [4.78, 5) is 2.36. The van der Waals surface area contributed by atoms with Gasteiger partial charge in [0.15, 0.2) is 0 Å². The molecule has 0 atom stereocenters. The molecule has 0 unspecified atom stereocenters. The van der Waals surface area contributed by atoms with Crippen LogP contribution in [0.5, 0.6) is 0 Å². The van der Waals surface area contributed by atoms with Gasteiger partial charge in [-0.05, 0) is 38.8 Å². The van der Waals surface area contributed by atoms with Crippen LogP contribution in [-0.4, -0.2) is 56.1 Å². The zero-order valence-electron chi connectivity index (χ0n) is 11.4. The molecule has 108 valence electrons. The average Bonchev–Trinajstić information content (AvgIpc) is 2.37. The molecule has 0 aliphatic carbocycles. The van der Waals surface area contributed by atoms with Crippen LogP contribution in [0.3, 0.4) is 0 Å². The first kappa shape index (κ1) is 16.2. The second-order valence-electron chi connectivity index (χ2n) is 5.18. The molecule has 0 aromatic heterocycles. The van der Waals surface area contributed by atoms with Crippen molar-refractivity contribution in [3.8, 4) is 0 Å². The molecule has 18 heavy (non-hydrogen) atoms. The Bertz CT molecular complexity index is 327. The molecule has 0 saturated carbocycles. The van der Waals surface area contributed by atoms with Crippen molar-refractivity contribution in [1.29, 1.82) is 0 Å². The highest BCUT2D eigenvalue weighted by atomic mass is 35.5. The summed E-state index contributed by atoms with van der Waals surface area (Å²) in [7, 11) is -1.05. The van der Waals surface area contributed by atoms with Gasteiger partial charge < -0.3 is 4.90 Å². The molecule has 0 spiro atoms. The Kier molecular flexibility index (Phi) is 6.92. The Morgan fingerprint density at radius 2 is 1.94 bits per heavy atom. The predicted molar refractivity (Wildman–Crippen MR) is 76.3 cm³/mol. The number of piperidine rings is 1. The lowest BCUT2D eigenvalue weighted by atomic mass is 9.97. The highest BCUT2D eigenvalue weighted by molar-refractivity contribution is 7.90. The Hall–Kier alpha value is 0.160. The van der Waals surface area contributed by atoms with Crippen molar-refractivity contribution in [3.63, 3.8) is 0 Å². The van der Waals surface area contributed by atoms with Crippen molar-refractivity contribution in [3.05, 3.63) is 0 Å². The molecule has 0 aromatic carbocycles. The Labute approximate surface area is 116 Å². The van der Waals surface area contributed by atoms with Crippen LogP contribution < -0.4 is 0 Å². The molecule has 1 rings (SSSR count). The maximum Gasteiger partial charge on any atom is 0.228 e. The van der Waals surface area contributed by atoms with Gasteiger partial charge in [-0.3, -0.25) is 0 Å². The minimum Gasteiger partial charge on any atom is -0.306 e. The van der Waals surface area contributed by atoms with Crippen LogP contribution in [0.25, 0.3) is 0 Å². The molecule has 1 aliphatic rings. The van der Waals surface area contributed by atoms with E-state index in [-0.39, 0.29) is 5.21 Å². The zero-order chi connectivity index (χ0) is 13.6. The van der Waals surface area contributed by atoms with E-state index in [1.807, 2.05) is 0 Å². The van der Waals surface area contributed by atoms with E-state index in [2.05, 4.69) is 18.9 Å². The summed E-state index contributed by atoms with van der Waals surface area (Å²) >= 11 is 5.47. The summed E-state index contributed by atoms with van der Waals surface area (Å²) in [6, 6.07) is 0.